The minimum Gasteiger partial charge on any atom is -0.0654 e. The molecule has 0 heteroatoms. The molecular weight excluding hydrogens is 877 g/mol. The van der Waals surface area contributed by atoms with E-state index in [1.807, 2.05) is 0 Å². The molecule has 0 saturated heterocycles. The number of rotatable bonds is 18. The van der Waals surface area contributed by atoms with Crippen LogP contribution in [0.1, 0.15) is 89.2 Å². The molecule has 0 aromatic heterocycles. The van der Waals surface area contributed by atoms with Gasteiger partial charge in [-0.15, -0.1) is 0 Å². The SMILES string of the molecule is CCCCCCC1(CCCCCC)c2cc(-c3c(-c4ccccc4)ccc(-c4ccccc4)c3-c3ccccc3)ccc2-c2ccc(-c3c(-c4ccccc4)ccc(-c4ccccc4)c3-c3ccccc3)cc21. The molecule has 1 aliphatic carbocycles. The maximum atomic E-state index is 2.67. The van der Waals surface area contributed by atoms with Crippen molar-refractivity contribution in [2.45, 2.75) is 83.5 Å². The smallest absolute Gasteiger partial charge is 0.0215 e. The summed E-state index contributed by atoms with van der Waals surface area (Å²) in [5, 5.41) is 0. The molecule has 10 aromatic carbocycles. The first-order valence-corrected chi connectivity index (χ1v) is 27.1. The van der Waals surface area contributed by atoms with Crippen LogP contribution in [0.3, 0.4) is 0 Å². The summed E-state index contributed by atoms with van der Waals surface area (Å²) in [5.74, 6) is 0. The largest absolute Gasteiger partial charge is 0.0654 e. The van der Waals surface area contributed by atoms with E-state index in [9.17, 15) is 0 Å². The molecule has 0 aliphatic heterocycles. The number of unbranched alkanes of at least 4 members (excludes halogenated alkanes) is 6. The van der Waals surface area contributed by atoms with Crippen LogP contribution in [0.15, 0.2) is 243 Å². The molecule has 0 N–H and O–H groups in total. The number of fused-ring (bicyclic) bond motifs is 3. The minimum absolute atomic E-state index is 0.175. The molecule has 0 fully saturated rings. The van der Waals surface area contributed by atoms with Crippen LogP contribution in [0, 0.1) is 0 Å². The van der Waals surface area contributed by atoms with Crippen LogP contribution in [0.25, 0.3) is 100 Å². The maximum Gasteiger partial charge on any atom is 0.0215 e. The van der Waals surface area contributed by atoms with Gasteiger partial charge in [-0.25, -0.2) is 0 Å². The molecule has 1 aliphatic rings. The third-order valence-corrected chi connectivity index (χ3v) is 15.7. The van der Waals surface area contributed by atoms with E-state index in [-0.39, 0.29) is 5.41 Å². The summed E-state index contributed by atoms with van der Waals surface area (Å²) < 4.78 is 0. The van der Waals surface area contributed by atoms with E-state index >= 15 is 0 Å². The Labute approximate surface area is 435 Å². The van der Waals surface area contributed by atoms with E-state index in [0.717, 1.165) is 12.8 Å². The second-order valence-corrected chi connectivity index (χ2v) is 20.2. The number of hydrogen-bond acceptors (Lipinski definition) is 0. The summed E-state index contributed by atoms with van der Waals surface area (Å²) in [4.78, 5) is 0. The Morgan fingerprint density at radius 2 is 0.493 bits per heavy atom. The van der Waals surface area contributed by atoms with Crippen molar-refractivity contribution in [3.8, 4) is 100 Å². The first kappa shape index (κ1) is 47.5. The average molecular weight is 943 g/mol. The molecule has 11 rings (SSSR count). The van der Waals surface area contributed by atoms with Gasteiger partial charge in [-0.05, 0) is 136 Å². The molecular formula is C73H66. The van der Waals surface area contributed by atoms with Crippen LogP contribution in [-0.2, 0) is 5.41 Å². The topological polar surface area (TPSA) is 0 Å². The highest BCUT2D eigenvalue weighted by Gasteiger charge is 2.43. The fourth-order valence-electron chi connectivity index (χ4n) is 12.2. The third kappa shape index (κ3) is 9.44. The molecule has 73 heavy (non-hydrogen) atoms. The summed E-state index contributed by atoms with van der Waals surface area (Å²) in [7, 11) is 0. The number of hydrogen-bond donors (Lipinski definition) is 0. The zero-order chi connectivity index (χ0) is 49.4. The summed E-state index contributed by atoms with van der Waals surface area (Å²) in [6.07, 6.45) is 12.0. The van der Waals surface area contributed by atoms with E-state index in [1.165, 1.54) is 163 Å². The molecule has 0 amide bonds. The molecule has 0 unspecified atom stereocenters. The van der Waals surface area contributed by atoms with Gasteiger partial charge in [0.05, 0.1) is 0 Å². The Morgan fingerprint density at radius 3 is 0.781 bits per heavy atom. The Kier molecular flexibility index (Phi) is 14.3. The Hall–Kier alpha value is -7.80. The zero-order valence-corrected chi connectivity index (χ0v) is 42.7. The van der Waals surface area contributed by atoms with Crippen molar-refractivity contribution in [2.24, 2.45) is 0 Å². The fourth-order valence-corrected chi connectivity index (χ4v) is 12.2. The van der Waals surface area contributed by atoms with E-state index in [2.05, 4.69) is 257 Å². The van der Waals surface area contributed by atoms with Crippen molar-refractivity contribution >= 4 is 0 Å². The summed E-state index contributed by atoms with van der Waals surface area (Å²) in [6, 6.07) is 91.1. The van der Waals surface area contributed by atoms with Gasteiger partial charge in [0.15, 0.2) is 0 Å². The molecule has 10 aromatic rings. The highest BCUT2D eigenvalue weighted by molar-refractivity contribution is 6.04. The van der Waals surface area contributed by atoms with Crippen molar-refractivity contribution < 1.29 is 0 Å². The first-order valence-electron chi connectivity index (χ1n) is 27.1. The lowest BCUT2D eigenvalue weighted by atomic mass is 9.69. The monoisotopic (exact) mass is 943 g/mol. The van der Waals surface area contributed by atoms with Crippen LogP contribution in [0.4, 0.5) is 0 Å². The summed E-state index contributed by atoms with van der Waals surface area (Å²) in [6.45, 7) is 4.69. The second-order valence-electron chi connectivity index (χ2n) is 20.2. The van der Waals surface area contributed by atoms with Crippen LogP contribution >= 0.6 is 0 Å². The second kappa shape index (κ2) is 21.9. The van der Waals surface area contributed by atoms with Gasteiger partial charge in [0, 0.05) is 5.41 Å². The van der Waals surface area contributed by atoms with E-state index in [4.69, 9.17) is 0 Å². The molecule has 0 saturated carbocycles. The standard InChI is InChI=1S/C73H66/c1-3-5-7-27-49-73(50-28-8-6-4-2)67-51-59(71-63(55-33-19-11-20-34-55)47-45-61(53-29-15-9-16-30-53)69(71)57-37-23-13-24-38-57)41-43-65(67)66-44-42-60(52-68(66)73)72-64(56-35-21-12-22-36-56)48-46-62(54-31-17-10-18-32-54)70(72)58-39-25-14-26-40-58/h9-26,29-48,51-52H,3-8,27-28,49-50H2,1-2H3. The van der Waals surface area contributed by atoms with E-state index in [0.29, 0.717) is 0 Å². The minimum atomic E-state index is -0.175. The van der Waals surface area contributed by atoms with Gasteiger partial charge in [-0.1, -0.05) is 296 Å². The predicted octanol–water partition coefficient (Wildman–Crippen LogP) is 21.2. The molecule has 0 bridgehead atoms. The van der Waals surface area contributed by atoms with Crippen LogP contribution < -0.4 is 0 Å². The van der Waals surface area contributed by atoms with Crippen molar-refractivity contribution in [3.63, 3.8) is 0 Å². The van der Waals surface area contributed by atoms with Gasteiger partial charge in [-0.3, -0.25) is 0 Å². The molecule has 0 radical (unpaired) electrons. The molecule has 0 heterocycles. The van der Waals surface area contributed by atoms with Crippen LogP contribution in [0.2, 0.25) is 0 Å². The summed E-state index contributed by atoms with van der Waals surface area (Å²) >= 11 is 0. The van der Waals surface area contributed by atoms with Crippen molar-refractivity contribution in [1.82, 2.24) is 0 Å². The summed E-state index contributed by atoms with van der Waals surface area (Å²) in [5.41, 5.74) is 25.7. The highest BCUT2D eigenvalue weighted by Crippen LogP contribution is 2.58. The maximum absolute atomic E-state index is 2.67. The van der Waals surface area contributed by atoms with Gasteiger partial charge in [0.25, 0.3) is 0 Å². The van der Waals surface area contributed by atoms with Crippen molar-refractivity contribution in [3.05, 3.63) is 254 Å². The molecule has 0 nitrogen and oxygen atoms in total. The third-order valence-electron chi connectivity index (χ3n) is 15.7. The Morgan fingerprint density at radius 1 is 0.233 bits per heavy atom. The highest BCUT2D eigenvalue weighted by atomic mass is 14.5. The lowest BCUT2D eigenvalue weighted by Crippen LogP contribution is -2.25. The molecule has 0 atom stereocenters. The predicted molar refractivity (Wildman–Crippen MR) is 314 cm³/mol. The normalized spacial score (nSPS) is 12.4. The van der Waals surface area contributed by atoms with Gasteiger partial charge >= 0.3 is 0 Å². The molecule has 358 valence electrons. The zero-order valence-electron chi connectivity index (χ0n) is 42.7. The van der Waals surface area contributed by atoms with Gasteiger partial charge < -0.3 is 0 Å². The van der Waals surface area contributed by atoms with Crippen molar-refractivity contribution in [1.29, 1.82) is 0 Å². The lowest BCUT2D eigenvalue weighted by Gasteiger charge is -2.34. The lowest BCUT2D eigenvalue weighted by molar-refractivity contribution is 0.401. The van der Waals surface area contributed by atoms with Gasteiger partial charge in [0.2, 0.25) is 0 Å². The number of benzene rings is 10. The fraction of sp³-hybridized carbons (Fsp3) is 0.178. The van der Waals surface area contributed by atoms with E-state index < -0.39 is 0 Å². The quantitative estimate of drug-likeness (QED) is 0.0752. The van der Waals surface area contributed by atoms with Crippen molar-refractivity contribution in [2.75, 3.05) is 0 Å². The Balaban J connectivity index is 1.19. The van der Waals surface area contributed by atoms with Crippen LogP contribution in [0.5, 0.6) is 0 Å². The van der Waals surface area contributed by atoms with Crippen LogP contribution in [-0.4, -0.2) is 0 Å². The Bertz CT molecular complexity index is 3190. The van der Waals surface area contributed by atoms with E-state index in [1.54, 1.807) is 0 Å². The first-order chi connectivity index (χ1) is 36.2. The molecule has 0 spiro atoms. The van der Waals surface area contributed by atoms with Gasteiger partial charge in [-0.2, -0.15) is 0 Å². The average Bonchev–Trinajstić information content (AvgIpc) is 3.73. The van der Waals surface area contributed by atoms with Gasteiger partial charge in [0.1, 0.15) is 0 Å².